The van der Waals surface area contributed by atoms with Crippen LogP contribution in [-0.2, 0) is 0 Å². The maximum atomic E-state index is 4.28. The zero-order chi connectivity index (χ0) is 48.7. The van der Waals surface area contributed by atoms with E-state index in [4.69, 9.17) is 0 Å². The predicted molar refractivity (Wildman–Crippen MR) is 299 cm³/mol. The topological polar surface area (TPSA) is 6.48 Å². The monoisotopic (exact) mass is 923 g/mol. The van der Waals surface area contributed by atoms with Crippen molar-refractivity contribution in [1.29, 1.82) is 0 Å². The van der Waals surface area contributed by atoms with Crippen LogP contribution in [-0.4, -0.2) is 10.9 Å². The van der Waals surface area contributed by atoms with Crippen LogP contribution in [0.15, 0.2) is 226 Å². The van der Waals surface area contributed by atoms with Gasteiger partial charge in [0, 0.05) is 63.9 Å². The van der Waals surface area contributed by atoms with Gasteiger partial charge in [-0.2, -0.15) is 0 Å². The Hall–Kier alpha value is -5.82. The zero-order valence-electron chi connectivity index (χ0n) is 43.5. The molecular weight excluding hydrogens is 845 g/mol. The molecule has 70 heavy (non-hydrogen) atoms. The molecular formula is C68H78N2. The Balaban J connectivity index is 0.980. The summed E-state index contributed by atoms with van der Waals surface area (Å²) >= 11 is 0. The highest BCUT2D eigenvalue weighted by Gasteiger charge is 2.72. The molecule has 0 aromatic heterocycles. The van der Waals surface area contributed by atoms with Crippen LogP contribution < -0.4 is 4.90 Å². The summed E-state index contributed by atoms with van der Waals surface area (Å²) in [6.07, 6.45) is 59.5. The molecule has 2 nitrogen and oxygen atoms in total. The summed E-state index contributed by atoms with van der Waals surface area (Å²) < 4.78 is 0. The second-order valence-corrected chi connectivity index (χ2v) is 21.8. The van der Waals surface area contributed by atoms with Gasteiger partial charge in [-0.1, -0.05) is 173 Å². The summed E-state index contributed by atoms with van der Waals surface area (Å²) in [5.74, 6) is 2.62. The lowest BCUT2D eigenvalue weighted by molar-refractivity contribution is 0.224. The summed E-state index contributed by atoms with van der Waals surface area (Å²) in [5, 5.41) is 0. The van der Waals surface area contributed by atoms with Gasteiger partial charge >= 0.3 is 0 Å². The molecule has 8 aliphatic carbocycles. The van der Waals surface area contributed by atoms with Gasteiger partial charge in [-0.15, -0.1) is 6.58 Å². The predicted octanol–water partition coefficient (Wildman–Crippen LogP) is 18.0. The Morgan fingerprint density at radius 2 is 1.69 bits per heavy atom. The Bertz CT molecular complexity index is 2830. The number of allylic oxidation sites excluding steroid dienone is 27. The van der Waals surface area contributed by atoms with Crippen molar-refractivity contribution in [3.63, 3.8) is 0 Å². The summed E-state index contributed by atoms with van der Waals surface area (Å²) in [6, 6.07) is 9.65. The molecule has 1 aromatic rings. The van der Waals surface area contributed by atoms with Gasteiger partial charge < -0.3 is 9.80 Å². The van der Waals surface area contributed by atoms with Crippen molar-refractivity contribution in [3.05, 3.63) is 232 Å². The smallest absolute Gasteiger partial charge is 0.0518 e. The third-order valence-electron chi connectivity index (χ3n) is 18.4. The van der Waals surface area contributed by atoms with Crippen LogP contribution in [0, 0.1) is 46.3 Å². The van der Waals surface area contributed by atoms with E-state index < -0.39 is 0 Å². The highest BCUT2D eigenvalue weighted by molar-refractivity contribution is 5.71. The Morgan fingerprint density at radius 3 is 2.41 bits per heavy atom. The van der Waals surface area contributed by atoms with E-state index in [1.807, 2.05) is 6.08 Å². The van der Waals surface area contributed by atoms with Crippen molar-refractivity contribution in [2.24, 2.45) is 46.3 Å². The number of fused-ring (bicyclic) bond motifs is 3. The third-order valence-corrected chi connectivity index (χ3v) is 18.4. The molecule has 0 spiro atoms. The van der Waals surface area contributed by atoms with E-state index in [0.717, 1.165) is 64.2 Å². The number of hydrogen-bond donors (Lipinski definition) is 0. The van der Waals surface area contributed by atoms with E-state index in [2.05, 4.69) is 217 Å². The molecule has 9 atom stereocenters. The van der Waals surface area contributed by atoms with Crippen molar-refractivity contribution in [3.8, 4) is 0 Å². The number of nitrogens with zero attached hydrogens (tertiary/aromatic N) is 2. The van der Waals surface area contributed by atoms with E-state index in [1.165, 1.54) is 62.6 Å². The molecule has 0 radical (unpaired) electrons. The van der Waals surface area contributed by atoms with Crippen LogP contribution >= 0.6 is 0 Å². The van der Waals surface area contributed by atoms with Gasteiger partial charge in [0.2, 0.25) is 0 Å². The van der Waals surface area contributed by atoms with Crippen molar-refractivity contribution in [2.75, 3.05) is 4.90 Å². The number of benzene rings is 1. The molecule has 0 saturated heterocycles. The second kappa shape index (κ2) is 19.8. The normalized spacial score (nSPS) is 30.6. The van der Waals surface area contributed by atoms with Gasteiger partial charge in [0.15, 0.2) is 0 Å². The molecule has 2 heteroatoms. The van der Waals surface area contributed by atoms with E-state index >= 15 is 0 Å². The van der Waals surface area contributed by atoms with Gasteiger partial charge in [-0.25, -0.2) is 0 Å². The fourth-order valence-electron chi connectivity index (χ4n) is 14.1. The van der Waals surface area contributed by atoms with Crippen LogP contribution in [0.5, 0.6) is 0 Å². The Labute approximate surface area is 422 Å². The van der Waals surface area contributed by atoms with Crippen LogP contribution in [0.4, 0.5) is 5.69 Å². The van der Waals surface area contributed by atoms with E-state index in [-0.39, 0.29) is 22.8 Å². The van der Waals surface area contributed by atoms with Gasteiger partial charge in [0.1, 0.15) is 0 Å². The van der Waals surface area contributed by atoms with Crippen LogP contribution in [0.2, 0.25) is 0 Å². The van der Waals surface area contributed by atoms with Crippen molar-refractivity contribution in [2.45, 2.75) is 125 Å². The van der Waals surface area contributed by atoms with E-state index in [0.29, 0.717) is 29.6 Å². The number of rotatable bonds is 15. The first-order chi connectivity index (χ1) is 34.1. The van der Waals surface area contributed by atoms with Gasteiger partial charge in [-0.3, -0.25) is 0 Å². The van der Waals surface area contributed by atoms with Crippen molar-refractivity contribution >= 4 is 11.8 Å². The molecule has 0 amide bonds. The molecule has 1 heterocycles. The largest absolute Gasteiger partial charge is 0.338 e. The molecule has 0 N–H and O–H groups in total. The first kappa shape index (κ1) is 47.8. The van der Waals surface area contributed by atoms with Gasteiger partial charge in [0.05, 0.1) is 12.2 Å². The lowest BCUT2D eigenvalue weighted by Gasteiger charge is -2.41. The average Bonchev–Trinajstić information content (AvgIpc) is 4.31. The molecule has 9 unspecified atom stereocenters. The standard InChI is InChI=1S/C68H78N2/c1-10-24-52(14-5)70(47(8)60(41-48(11-2)12-3)55-26-19-16-18-25-46(55)7)53-35-33-49(34-36-53)31-32-50-42-61-65-59-38-37-54(44-68(45-63(59)68)67(9,15-6)62(43-50)66(61)65)69-40-39-51(13-4)56-27-22-23-28-57(56)58-29-20-17-21-30-64(58)69/h10-11,13,16-17,19,21-24,27-28,31-38,40,42-44,48,52,56-57,59,63,66H,2,4,12,14-15,18,20,25-26,29-30,41,45H2,1,3,5-9H3. The summed E-state index contributed by atoms with van der Waals surface area (Å²) in [4.78, 5) is 5.17. The average molecular weight is 923 g/mol. The minimum Gasteiger partial charge on any atom is -0.338 e. The van der Waals surface area contributed by atoms with Crippen molar-refractivity contribution in [1.82, 2.24) is 4.90 Å². The van der Waals surface area contributed by atoms with Crippen LogP contribution in [0.1, 0.15) is 125 Å². The van der Waals surface area contributed by atoms with Gasteiger partial charge in [0.25, 0.3) is 0 Å². The first-order valence-electron chi connectivity index (χ1n) is 27.2. The van der Waals surface area contributed by atoms with E-state index in [9.17, 15) is 0 Å². The van der Waals surface area contributed by atoms with Crippen molar-refractivity contribution < 1.29 is 0 Å². The SMILES string of the molecule is C=CC1=C=CN(C2=CC34CC3C(C=C2)C2=C3C=C(C=Cc5ccc(N(C(C)=C(CC(C=C)CC)C6=C(C)CCC=CC6)C(C=CC)CC)cc5)C=C(C32)C4(C)CC)C2=C(CCC=CC2)C2C=CC=CC12. The molecule has 1 aromatic carbocycles. The minimum atomic E-state index is 0.0361. The quantitative estimate of drug-likeness (QED) is 0.128. The third kappa shape index (κ3) is 8.33. The highest BCUT2D eigenvalue weighted by Crippen LogP contribution is 2.79. The molecule has 2 fully saturated rings. The number of anilines is 1. The molecule has 2 saturated carbocycles. The molecule has 360 valence electrons. The van der Waals surface area contributed by atoms with Gasteiger partial charge in [-0.05, 0) is 159 Å². The minimum absolute atomic E-state index is 0.0361. The lowest BCUT2D eigenvalue weighted by Crippen LogP contribution is -2.33. The maximum Gasteiger partial charge on any atom is 0.0518 e. The summed E-state index contributed by atoms with van der Waals surface area (Å²) in [7, 11) is 0. The van der Waals surface area contributed by atoms with Crippen LogP contribution in [0.25, 0.3) is 6.08 Å². The van der Waals surface area contributed by atoms with Crippen LogP contribution in [0.3, 0.4) is 0 Å². The lowest BCUT2D eigenvalue weighted by atomic mass is 9.63. The zero-order valence-corrected chi connectivity index (χ0v) is 43.5. The number of hydrogen-bond acceptors (Lipinski definition) is 2. The molecule has 9 aliphatic rings. The Morgan fingerprint density at radius 1 is 0.914 bits per heavy atom. The fraction of sp³-hybridized carbons (Fsp3) is 0.397. The summed E-state index contributed by atoms with van der Waals surface area (Å²) in [5.41, 5.74) is 24.1. The molecule has 1 aliphatic heterocycles. The second-order valence-electron chi connectivity index (χ2n) is 21.8. The van der Waals surface area contributed by atoms with E-state index in [1.54, 1.807) is 22.3 Å². The first-order valence-corrected chi connectivity index (χ1v) is 27.2. The maximum absolute atomic E-state index is 4.28. The Kier molecular flexibility index (Phi) is 13.5. The fourth-order valence-corrected chi connectivity index (χ4v) is 14.1. The highest BCUT2D eigenvalue weighted by atomic mass is 15.2. The molecule has 2 bridgehead atoms. The summed E-state index contributed by atoms with van der Waals surface area (Å²) in [6.45, 7) is 25.2. The molecule has 10 rings (SSSR count).